The standard InChI is InChI=1S/C13H10BrIOS/c14-12-3-2-10(15)7-11(12)13(16)4-1-9-5-6-17-8-9/h2-3,5-8H,1,4H2. The molecule has 0 amide bonds. The van der Waals surface area contributed by atoms with Crippen LogP contribution in [-0.4, -0.2) is 5.78 Å². The van der Waals surface area contributed by atoms with Gasteiger partial charge in [0.15, 0.2) is 5.78 Å². The first-order valence-corrected chi connectivity index (χ1v) is 7.97. The fraction of sp³-hybridized carbons (Fsp3) is 0.154. The average molecular weight is 421 g/mol. The number of benzene rings is 1. The number of carbonyl (C=O) groups excluding carboxylic acids is 1. The summed E-state index contributed by atoms with van der Waals surface area (Å²) in [6.07, 6.45) is 1.38. The largest absolute Gasteiger partial charge is 0.294 e. The molecular weight excluding hydrogens is 411 g/mol. The molecule has 1 heterocycles. The number of Topliss-reactive ketones (excluding diaryl/α,β-unsaturated/α-hetero) is 1. The molecule has 1 aromatic carbocycles. The van der Waals surface area contributed by atoms with Gasteiger partial charge in [-0.2, -0.15) is 11.3 Å². The van der Waals surface area contributed by atoms with Crippen LogP contribution in [0.4, 0.5) is 0 Å². The number of rotatable bonds is 4. The lowest BCUT2D eigenvalue weighted by atomic mass is 10.0. The quantitative estimate of drug-likeness (QED) is 0.506. The van der Waals surface area contributed by atoms with E-state index in [4.69, 9.17) is 0 Å². The summed E-state index contributed by atoms with van der Waals surface area (Å²) in [6, 6.07) is 7.92. The van der Waals surface area contributed by atoms with Gasteiger partial charge in [0, 0.05) is 20.0 Å². The fourth-order valence-corrected chi connectivity index (χ4v) is 3.20. The van der Waals surface area contributed by atoms with Crippen molar-refractivity contribution in [3.8, 4) is 0 Å². The molecule has 1 nitrogen and oxygen atoms in total. The molecule has 0 spiro atoms. The Morgan fingerprint density at radius 1 is 1.35 bits per heavy atom. The molecule has 0 saturated heterocycles. The summed E-state index contributed by atoms with van der Waals surface area (Å²) in [5, 5.41) is 4.14. The number of aryl methyl sites for hydroxylation is 1. The van der Waals surface area contributed by atoms with Gasteiger partial charge >= 0.3 is 0 Å². The number of hydrogen-bond donors (Lipinski definition) is 0. The first-order valence-electron chi connectivity index (χ1n) is 5.16. The number of thiophene rings is 1. The Morgan fingerprint density at radius 3 is 2.88 bits per heavy atom. The lowest BCUT2D eigenvalue weighted by Gasteiger charge is -2.04. The molecule has 0 fully saturated rings. The summed E-state index contributed by atoms with van der Waals surface area (Å²) in [5.74, 6) is 0.196. The average Bonchev–Trinajstić information content (AvgIpc) is 2.82. The summed E-state index contributed by atoms with van der Waals surface area (Å²) < 4.78 is 1.97. The van der Waals surface area contributed by atoms with E-state index in [2.05, 4.69) is 50.0 Å². The molecular formula is C13H10BrIOS. The van der Waals surface area contributed by atoms with Crippen molar-refractivity contribution < 1.29 is 4.79 Å². The number of hydrogen-bond acceptors (Lipinski definition) is 2. The molecule has 0 unspecified atom stereocenters. The van der Waals surface area contributed by atoms with E-state index in [0.29, 0.717) is 6.42 Å². The molecule has 88 valence electrons. The van der Waals surface area contributed by atoms with Crippen LogP contribution in [0.3, 0.4) is 0 Å². The maximum atomic E-state index is 12.1. The lowest BCUT2D eigenvalue weighted by Crippen LogP contribution is -2.02. The minimum Gasteiger partial charge on any atom is -0.294 e. The van der Waals surface area contributed by atoms with E-state index in [0.717, 1.165) is 20.0 Å². The molecule has 0 saturated carbocycles. The Morgan fingerprint density at radius 2 is 2.18 bits per heavy atom. The van der Waals surface area contributed by atoms with Crippen LogP contribution in [0, 0.1) is 3.57 Å². The normalized spacial score (nSPS) is 10.5. The molecule has 17 heavy (non-hydrogen) atoms. The van der Waals surface area contributed by atoms with E-state index < -0.39 is 0 Å². The van der Waals surface area contributed by atoms with Gasteiger partial charge in [-0.05, 0) is 69.6 Å². The van der Waals surface area contributed by atoms with E-state index in [1.165, 1.54) is 5.56 Å². The summed E-state index contributed by atoms with van der Waals surface area (Å²) in [5.41, 5.74) is 2.03. The highest BCUT2D eigenvalue weighted by atomic mass is 127. The second-order valence-corrected chi connectivity index (χ2v) is 6.56. The van der Waals surface area contributed by atoms with Gasteiger partial charge in [0.2, 0.25) is 0 Å². The van der Waals surface area contributed by atoms with Gasteiger partial charge < -0.3 is 0 Å². The Kier molecular flexibility index (Phi) is 4.76. The van der Waals surface area contributed by atoms with Crippen molar-refractivity contribution in [3.05, 3.63) is 54.2 Å². The topological polar surface area (TPSA) is 17.1 Å². The molecule has 0 N–H and O–H groups in total. The Bertz CT molecular complexity index is 522. The van der Waals surface area contributed by atoms with Crippen molar-refractivity contribution in [1.29, 1.82) is 0 Å². The SMILES string of the molecule is O=C(CCc1ccsc1)c1cc(I)ccc1Br. The Labute approximate surface area is 127 Å². The minimum atomic E-state index is 0.196. The zero-order chi connectivity index (χ0) is 12.3. The van der Waals surface area contributed by atoms with Crippen molar-refractivity contribution in [3.63, 3.8) is 0 Å². The van der Waals surface area contributed by atoms with Gasteiger partial charge in [0.25, 0.3) is 0 Å². The summed E-state index contributed by atoms with van der Waals surface area (Å²) in [6.45, 7) is 0. The van der Waals surface area contributed by atoms with Gasteiger partial charge in [-0.1, -0.05) is 15.9 Å². The lowest BCUT2D eigenvalue weighted by molar-refractivity contribution is 0.0982. The van der Waals surface area contributed by atoms with E-state index in [1.807, 2.05) is 23.6 Å². The van der Waals surface area contributed by atoms with Gasteiger partial charge in [-0.15, -0.1) is 0 Å². The zero-order valence-corrected chi connectivity index (χ0v) is 13.5. The molecule has 0 bridgehead atoms. The Balaban J connectivity index is 2.07. The second-order valence-electron chi connectivity index (χ2n) is 3.68. The van der Waals surface area contributed by atoms with Gasteiger partial charge in [-0.3, -0.25) is 4.79 Å². The van der Waals surface area contributed by atoms with E-state index in [9.17, 15) is 4.79 Å². The predicted octanol–water partition coefficient (Wildman–Crippen LogP) is 4.93. The molecule has 0 aliphatic carbocycles. The van der Waals surface area contributed by atoms with Crippen LogP contribution < -0.4 is 0 Å². The van der Waals surface area contributed by atoms with Crippen LogP contribution in [-0.2, 0) is 6.42 Å². The highest BCUT2D eigenvalue weighted by Gasteiger charge is 2.10. The summed E-state index contributed by atoms with van der Waals surface area (Å²) >= 11 is 7.32. The van der Waals surface area contributed by atoms with E-state index in [-0.39, 0.29) is 5.78 Å². The van der Waals surface area contributed by atoms with E-state index in [1.54, 1.807) is 11.3 Å². The van der Waals surface area contributed by atoms with Gasteiger partial charge in [0.1, 0.15) is 0 Å². The fourth-order valence-electron chi connectivity index (χ4n) is 1.54. The summed E-state index contributed by atoms with van der Waals surface area (Å²) in [7, 11) is 0. The molecule has 0 atom stereocenters. The highest BCUT2D eigenvalue weighted by Crippen LogP contribution is 2.21. The molecule has 0 aliphatic rings. The molecule has 0 aliphatic heterocycles. The number of halogens is 2. The monoisotopic (exact) mass is 420 g/mol. The van der Waals surface area contributed by atoms with Crippen LogP contribution in [0.1, 0.15) is 22.3 Å². The third kappa shape index (κ3) is 3.63. The smallest absolute Gasteiger partial charge is 0.164 e. The predicted molar refractivity (Wildman–Crippen MR) is 83.8 cm³/mol. The van der Waals surface area contributed by atoms with Crippen LogP contribution in [0.2, 0.25) is 0 Å². The van der Waals surface area contributed by atoms with Crippen LogP contribution in [0.5, 0.6) is 0 Å². The zero-order valence-electron chi connectivity index (χ0n) is 8.95. The molecule has 2 rings (SSSR count). The van der Waals surface area contributed by atoms with Gasteiger partial charge in [-0.25, -0.2) is 0 Å². The minimum absolute atomic E-state index is 0.196. The highest BCUT2D eigenvalue weighted by molar-refractivity contribution is 14.1. The first kappa shape index (κ1) is 13.2. The van der Waals surface area contributed by atoms with Crippen molar-refractivity contribution >= 4 is 55.6 Å². The molecule has 0 radical (unpaired) electrons. The maximum absolute atomic E-state index is 12.1. The van der Waals surface area contributed by atoms with Crippen molar-refractivity contribution in [2.45, 2.75) is 12.8 Å². The van der Waals surface area contributed by atoms with Crippen molar-refractivity contribution in [2.75, 3.05) is 0 Å². The van der Waals surface area contributed by atoms with E-state index >= 15 is 0 Å². The number of carbonyl (C=O) groups is 1. The van der Waals surface area contributed by atoms with Crippen LogP contribution in [0.25, 0.3) is 0 Å². The van der Waals surface area contributed by atoms with Crippen molar-refractivity contribution in [1.82, 2.24) is 0 Å². The second kappa shape index (κ2) is 6.11. The number of ketones is 1. The maximum Gasteiger partial charge on any atom is 0.164 e. The van der Waals surface area contributed by atoms with Crippen LogP contribution >= 0.6 is 49.9 Å². The molecule has 4 heteroatoms. The first-order chi connectivity index (χ1) is 8.16. The summed E-state index contributed by atoms with van der Waals surface area (Å²) in [4.78, 5) is 12.1. The van der Waals surface area contributed by atoms with Gasteiger partial charge in [0.05, 0.1) is 0 Å². The van der Waals surface area contributed by atoms with Crippen LogP contribution in [0.15, 0.2) is 39.5 Å². The van der Waals surface area contributed by atoms with Crippen molar-refractivity contribution in [2.24, 2.45) is 0 Å². The third-order valence-corrected chi connectivity index (χ3v) is 4.54. The molecule has 1 aromatic heterocycles. The molecule has 2 aromatic rings. The third-order valence-electron chi connectivity index (χ3n) is 2.45. The Hall–Kier alpha value is -0.200.